The van der Waals surface area contributed by atoms with Gasteiger partial charge in [0.05, 0.1) is 5.69 Å². The van der Waals surface area contributed by atoms with Crippen LogP contribution in [-0.2, 0) is 5.54 Å². The number of nitrogens with two attached hydrogens (primary N) is 1. The summed E-state index contributed by atoms with van der Waals surface area (Å²) in [6, 6.07) is 8.50. The number of alkyl halides is 2. The predicted octanol–water partition coefficient (Wildman–Crippen LogP) is 2.31. The van der Waals surface area contributed by atoms with Gasteiger partial charge in [-0.25, -0.2) is 13.5 Å². The van der Waals surface area contributed by atoms with E-state index in [1.54, 1.807) is 42.7 Å². The predicted molar refractivity (Wildman–Crippen MR) is 61.1 cm³/mol. The van der Waals surface area contributed by atoms with Crippen LogP contribution in [0.15, 0.2) is 42.7 Å². The topological polar surface area (TPSA) is 43.8 Å². The minimum Gasteiger partial charge on any atom is -0.317 e. The molecule has 0 radical (unpaired) electrons. The summed E-state index contributed by atoms with van der Waals surface area (Å²) >= 11 is 0. The van der Waals surface area contributed by atoms with Crippen LogP contribution in [0.4, 0.5) is 8.78 Å². The highest BCUT2D eigenvalue weighted by Gasteiger charge is 2.34. The monoisotopic (exact) mass is 237 g/mol. The fourth-order valence-electron chi connectivity index (χ4n) is 1.66. The normalized spacial score (nSPS) is 14.9. The summed E-state index contributed by atoms with van der Waals surface area (Å²) in [4.78, 5) is 0. The second-order valence-electron chi connectivity index (χ2n) is 4.05. The summed E-state index contributed by atoms with van der Waals surface area (Å²) < 4.78 is 27.5. The maximum atomic E-state index is 13.0. The molecule has 0 saturated heterocycles. The highest BCUT2D eigenvalue weighted by atomic mass is 19.3. The molecule has 0 bridgehead atoms. The first-order chi connectivity index (χ1) is 8.03. The lowest BCUT2D eigenvalue weighted by Gasteiger charge is -2.26. The number of hydrogen-bond donors (Lipinski definition) is 1. The van der Waals surface area contributed by atoms with Gasteiger partial charge in [-0.2, -0.15) is 5.10 Å². The number of nitrogens with zero attached hydrogens (tertiary/aromatic N) is 2. The van der Waals surface area contributed by atoms with Gasteiger partial charge in [-0.15, -0.1) is 0 Å². The van der Waals surface area contributed by atoms with Crippen molar-refractivity contribution in [1.82, 2.24) is 9.78 Å². The Kier molecular flexibility index (Phi) is 2.93. The molecule has 0 amide bonds. The maximum Gasteiger partial charge on any atom is 0.260 e. The first-order valence-electron chi connectivity index (χ1n) is 5.20. The molecular weight excluding hydrogens is 224 g/mol. The molecule has 0 aliphatic carbocycles. The molecule has 17 heavy (non-hydrogen) atoms. The van der Waals surface area contributed by atoms with Crippen molar-refractivity contribution in [3.05, 3.63) is 48.3 Å². The summed E-state index contributed by atoms with van der Waals surface area (Å²) in [5.74, 6) is 0. The maximum absolute atomic E-state index is 13.0. The van der Waals surface area contributed by atoms with E-state index in [1.807, 2.05) is 0 Å². The largest absolute Gasteiger partial charge is 0.317 e. The van der Waals surface area contributed by atoms with Gasteiger partial charge in [-0.3, -0.25) is 0 Å². The standard InChI is InChI=1S/C12H13F2N3/c1-12(15,11(13)14)9-5-2-3-6-10(9)17-8-4-7-16-17/h2-8,11H,15H2,1H3. The number of hydrogen-bond acceptors (Lipinski definition) is 2. The van der Waals surface area contributed by atoms with Crippen LogP contribution in [0.2, 0.25) is 0 Å². The Morgan fingerprint density at radius 2 is 2.00 bits per heavy atom. The van der Waals surface area contributed by atoms with Gasteiger partial charge in [0.2, 0.25) is 0 Å². The number of rotatable bonds is 3. The summed E-state index contributed by atoms with van der Waals surface area (Å²) in [7, 11) is 0. The Labute approximate surface area is 97.9 Å². The van der Waals surface area contributed by atoms with Gasteiger partial charge in [0.1, 0.15) is 5.54 Å². The van der Waals surface area contributed by atoms with Crippen molar-refractivity contribution >= 4 is 0 Å². The van der Waals surface area contributed by atoms with Crippen molar-refractivity contribution in [2.45, 2.75) is 18.9 Å². The van der Waals surface area contributed by atoms with Gasteiger partial charge in [0, 0.05) is 18.0 Å². The summed E-state index contributed by atoms with van der Waals surface area (Å²) in [6.45, 7) is 1.32. The minimum atomic E-state index is -2.64. The molecular formula is C12H13F2N3. The average Bonchev–Trinajstić information content (AvgIpc) is 2.82. The second-order valence-corrected chi connectivity index (χ2v) is 4.05. The van der Waals surface area contributed by atoms with Crippen LogP contribution >= 0.6 is 0 Å². The van der Waals surface area contributed by atoms with Crippen molar-refractivity contribution in [1.29, 1.82) is 0 Å². The highest BCUT2D eigenvalue weighted by molar-refractivity contribution is 5.44. The molecule has 0 spiro atoms. The van der Waals surface area contributed by atoms with Crippen molar-refractivity contribution in [3.8, 4) is 5.69 Å². The van der Waals surface area contributed by atoms with Gasteiger partial charge >= 0.3 is 0 Å². The van der Waals surface area contributed by atoms with Gasteiger partial charge in [-0.05, 0) is 19.1 Å². The SMILES string of the molecule is CC(N)(c1ccccc1-n1cccn1)C(F)F. The van der Waals surface area contributed by atoms with Crippen LogP contribution < -0.4 is 5.73 Å². The molecule has 90 valence electrons. The fraction of sp³-hybridized carbons (Fsp3) is 0.250. The zero-order valence-electron chi connectivity index (χ0n) is 9.35. The van der Waals surface area contributed by atoms with Gasteiger partial charge in [0.15, 0.2) is 0 Å². The first-order valence-corrected chi connectivity index (χ1v) is 5.20. The zero-order chi connectivity index (χ0) is 12.5. The van der Waals surface area contributed by atoms with Crippen LogP contribution in [0.3, 0.4) is 0 Å². The molecule has 1 atom stereocenters. The van der Waals surface area contributed by atoms with E-state index in [-0.39, 0.29) is 0 Å². The van der Waals surface area contributed by atoms with Crippen LogP contribution in [0, 0.1) is 0 Å². The molecule has 0 fully saturated rings. The van der Waals surface area contributed by atoms with Gasteiger partial charge in [-0.1, -0.05) is 18.2 Å². The fourth-order valence-corrected chi connectivity index (χ4v) is 1.66. The third kappa shape index (κ3) is 2.06. The van der Waals surface area contributed by atoms with Crippen molar-refractivity contribution in [2.75, 3.05) is 0 Å². The molecule has 2 N–H and O–H groups in total. The molecule has 1 heterocycles. The molecule has 0 aliphatic rings. The van der Waals surface area contributed by atoms with Crippen LogP contribution in [0.5, 0.6) is 0 Å². The molecule has 1 aromatic heterocycles. The number of benzene rings is 1. The molecule has 5 heteroatoms. The van der Waals surface area contributed by atoms with Crippen LogP contribution in [0.1, 0.15) is 12.5 Å². The van der Waals surface area contributed by atoms with Crippen molar-refractivity contribution in [3.63, 3.8) is 0 Å². The quantitative estimate of drug-likeness (QED) is 0.890. The van der Waals surface area contributed by atoms with E-state index in [9.17, 15) is 8.78 Å². The molecule has 0 saturated carbocycles. The van der Waals surface area contributed by atoms with E-state index in [4.69, 9.17) is 5.73 Å². The van der Waals surface area contributed by atoms with Crippen molar-refractivity contribution in [2.24, 2.45) is 5.73 Å². The second kappa shape index (κ2) is 4.25. The molecule has 3 nitrogen and oxygen atoms in total. The van der Waals surface area contributed by atoms with E-state index in [2.05, 4.69) is 5.10 Å². The Bertz CT molecular complexity index is 492. The highest BCUT2D eigenvalue weighted by Crippen LogP contribution is 2.29. The van der Waals surface area contributed by atoms with E-state index in [1.165, 1.54) is 11.6 Å². The van der Waals surface area contributed by atoms with Crippen molar-refractivity contribution < 1.29 is 8.78 Å². The first kappa shape index (κ1) is 11.7. The lowest BCUT2D eigenvalue weighted by Crippen LogP contribution is -2.41. The van der Waals surface area contributed by atoms with E-state index < -0.39 is 12.0 Å². The minimum absolute atomic E-state index is 0.374. The molecule has 2 rings (SSSR count). The molecule has 0 aliphatic heterocycles. The lowest BCUT2D eigenvalue weighted by molar-refractivity contribution is 0.0624. The molecule has 2 aromatic rings. The molecule has 1 unspecified atom stereocenters. The lowest BCUT2D eigenvalue weighted by atomic mass is 9.92. The van der Waals surface area contributed by atoms with E-state index in [0.717, 1.165) is 0 Å². The van der Waals surface area contributed by atoms with E-state index in [0.29, 0.717) is 11.3 Å². The van der Waals surface area contributed by atoms with E-state index >= 15 is 0 Å². The number of aromatic nitrogens is 2. The number of halogens is 2. The third-order valence-electron chi connectivity index (χ3n) is 2.69. The Morgan fingerprint density at radius 1 is 1.29 bits per heavy atom. The smallest absolute Gasteiger partial charge is 0.260 e. The summed E-state index contributed by atoms with van der Waals surface area (Å²) in [6.07, 6.45) is 0.645. The van der Waals surface area contributed by atoms with Crippen LogP contribution in [-0.4, -0.2) is 16.2 Å². The van der Waals surface area contributed by atoms with Gasteiger partial charge < -0.3 is 5.73 Å². The summed E-state index contributed by atoms with van der Waals surface area (Å²) in [5.41, 5.74) is 4.95. The average molecular weight is 237 g/mol. The third-order valence-corrected chi connectivity index (χ3v) is 2.69. The zero-order valence-corrected chi connectivity index (χ0v) is 9.35. The molecule has 1 aromatic carbocycles. The van der Waals surface area contributed by atoms with Crippen LogP contribution in [0.25, 0.3) is 5.69 Å². The summed E-state index contributed by atoms with van der Waals surface area (Å²) in [5, 5.41) is 4.04. The Hall–Kier alpha value is -1.75. The Morgan fingerprint density at radius 3 is 2.59 bits per heavy atom. The Balaban J connectivity index is 2.56. The van der Waals surface area contributed by atoms with Gasteiger partial charge in [0.25, 0.3) is 6.43 Å². The number of para-hydroxylation sites is 1.